The number of ether oxygens (including phenoxy) is 1. The van der Waals surface area contributed by atoms with Crippen molar-refractivity contribution in [1.29, 1.82) is 0 Å². The van der Waals surface area contributed by atoms with Crippen LogP contribution in [0.5, 0.6) is 5.75 Å². The minimum Gasteiger partial charge on any atom is -0.507 e. The fraction of sp³-hybridized carbons (Fsp3) is 0.343. The number of phenols is 1. The fourth-order valence-corrected chi connectivity index (χ4v) is 7.03. The summed E-state index contributed by atoms with van der Waals surface area (Å²) < 4.78 is 6.43. The lowest BCUT2D eigenvalue weighted by Gasteiger charge is -2.31. The maximum atomic E-state index is 13.7. The molecule has 0 spiro atoms. The number of nitrogens with zero attached hydrogens (tertiary/aromatic N) is 2. The molecule has 3 aromatic rings. The van der Waals surface area contributed by atoms with Crippen LogP contribution >= 0.6 is 0 Å². The number of pyridine rings is 1. The van der Waals surface area contributed by atoms with Gasteiger partial charge >= 0.3 is 0 Å². The van der Waals surface area contributed by atoms with Crippen LogP contribution in [0.4, 0.5) is 5.69 Å². The number of para-hydroxylation sites is 1. The Morgan fingerprint density at radius 2 is 1.76 bits per heavy atom. The Balaban J connectivity index is 1.28. The second-order valence-electron chi connectivity index (χ2n) is 11.5. The third-order valence-corrected chi connectivity index (χ3v) is 8.97. The van der Waals surface area contributed by atoms with E-state index in [2.05, 4.69) is 18.0 Å². The van der Waals surface area contributed by atoms with Crippen molar-refractivity contribution in [1.82, 2.24) is 4.98 Å². The summed E-state index contributed by atoms with van der Waals surface area (Å²) in [5.74, 6) is -0.610. The normalized spacial score (nSPS) is 24.2. The average molecular weight is 549 g/mol. The third-order valence-electron chi connectivity index (χ3n) is 8.97. The zero-order valence-corrected chi connectivity index (χ0v) is 23.8. The number of allylic oxidation sites excluding steroid dienone is 2. The Labute approximate surface area is 241 Å². The molecule has 2 aliphatic heterocycles. The van der Waals surface area contributed by atoms with Crippen molar-refractivity contribution < 1.29 is 19.4 Å². The highest BCUT2D eigenvalue weighted by Crippen LogP contribution is 2.51. The van der Waals surface area contributed by atoms with Crippen molar-refractivity contribution in [2.24, 2.45) is 17.8 Å². The molecular weight excluding hydrogens is 512 g/mol. The number of aryl methyl sites for hydroxylation is 2. The summed E-state index contributed by atoms with van der Waals surface area (Å²) in [6.07, 6.45) is 6.82. The van der Waals surface area contributed by atoms with Crippen LogP contribution in [0.25, 0.3) is 11.6 Å². The first-order valence-electron chi connectivity index (χ1n) is 14.6. The van der Waals surface area contributed by atoms with Crippen molar-refractivity contribution in [3.63, 3.8) is 0 Å². The lowest BCUT2D eigenvalue weighted by atomic mass is 9.69. The van der Waals surface area contributed by atoms with Gasteiger partial charge in [-0.3, -0.25) is 19.5 Å². The van der Waals surface area contributed by atoms with Crippen LogP contribution < -0.4 is 4.90 Å². The number of carbonyl (C=O) groups is 2. The first kappa shape index (κ1) is 27.2. The molecule has 3 aliphatic rings. The van der Waals surface area contributed by atoms with Crippen molar-refractivity contribution in [3.05, 3.63) is 100 Å². The number of phenolic OH excluding ortho intramolecular Hbond substituents is 1. The highest BCUT2D eigenvalue weighted by Gasteiger charge is 2.57. The van der Waals surface area contributed by atoms with Crippen LogP contribution in [-0.2, 0) is 14.3 Å². The second kappa shape index (κ2) is 11.1. The average Bonchev–Trinajstić information content (AvgIpc) is 3.52. The highest BCUT2D eigenvalue weighted by molar-refractivity contribution is 6.22. The Morgan fingerprint density at radius 1 is 1.02 bits per heavy atom. The third kappa shape index (κ3) is 4.91. The summed E-state index contributed by atoms with van der Waals surface area (Å²) in [6.45, 7) is 6.43. The zero-order chi connectivity index (χ0) is 28.7. The van der Waals surface area contributed by atoms with Gasteiger partial charge in [0.25, 0.3) is 0 Å². The van der Waals surface area contributed by atoms with Gasteiger partial charge in [-0.2, -0.15) is 0 Å². The Bertz CT molecular complexity index is 1520. The van der Waals surface area contributed by atoms with Crippen LogP contribution in [0.3, 0.4) is 0 Å². The number of amides is 2. The molecule has 210 valence electrons. The summed E-state index contributed by atoms with van der Waals surface area (Å²) in [6, 6.07) is 19.2. The van der Waals surface area contributed by atoms with Crippen molar-refractivity contribution >= 4 is 29.2 Å². The Hall–Kier alpha value is -4.03. The van der Waals surface area contributed by atoms with Crippen LogP contribution in [0.15, 0.2) is 78.0 Å². The number of aromatic hydroxyl groups is 1. The molecule has 2 fully saturated rings. The minimum absolute atomic E-state index is 0.0662. The SMILES string of the molecule is CCC1=C2[C@@H](CC/C(=C/c3cc(C)c(O)c(C)c3)c3ccccn3)OC[C@@H]2[C@@H]2C(=O)N(c3ccccc3)C(=O)[C@@H]2C1. The predicted molar refractivity (Wildman–Crippen MR) is 160 cm³/mol. The number of fused-ring (bicyclic) bond motifs is 3. The number of imide groups is 1. The molecule has 0 saturated carbocycles. The molecule has 0 bridgehead atoms. The lowest BCUT2D eigenvalue weighted by molar-refractivity contribution is -0.122. The molecule has 2 aromatic carbocycles. The number of hydrogen-bond acceptors (Lipinski definition) is 5. The minimum atomic E-state index is -0.369. The summed E-state index contributed by atoms with van der Waals surface area (Å²) in [7, 11) is 0. The number of hydrogen-bond donors (Lipinski definition) is 1. The number of benzene rings is 2. The van der Waals surface area contributed by atoms with Crippen LogP contribution in [0, 0.1) is 31.6 Å². The predicted octanol–water partition coefficient (Wildman–Crippen LogP) is 6.66. The van der Waals surface area contributed by atoms with Gasteiger partial charge in [0.1, 0.15) is 5.75 Å². The summed E-state index contributed by atoms with van der Waals surface area (Å²) in [5, 5.41) is 10.3. The largest absolute Gasteiger partial charge is 0.507 e. The molecule has 6 nitrogen and oxygen atoms in total. The van der Waals surface area contributed by atoms with Gasteiger partial charge in [-0.25, -0.2) is 0 Å². The second-order valence-corrected chi connectivity index (χ2v) is 11.5. The first-order valence-corrected chi connectivity index (χ1v) is 14.6. The molecule has 6 rings (SSSR count). The maximum Gasteiger partial charge on any atom is 0.238 e. The molecular formula is C35H36N2O4. The van der Waals surface area contributed by atoms with Crippen molar-refractivity contribution in [2.75, 3.05) is 11.5 Å². The molecule has 2 saturated heterocycles. The van der Waals surface area contributed by atoms with E-state index >= 15 is 0 Å². The summed E-state index contributed by atoms with van der Waals surface area (Å²) >= 11 is 0. The van der Waals surface area contributed by atoms with E-state index in [0.29, 0.717) is 24.5 Å². The van der Waals surface area contributed by atoms with E-state index in [9.17, 15) is 14.7 Å². The maximum absolute atomic E-state index is 13.7. The molecule has 0 unspecified atom stereocenters. The van der Waals surface area contributed by atoms with Gasteiger partial charge < -0.3 is 9.84 Å². The van der Waals surface area contributed by atoms with E-state index in [1.807, 2.05) is 74.5 Å². The Kier molecular flexibility index (Phi) is 7.35. The van der Waals surface area contributed by atoms with Crippen LogP contribution in [0.1, 0.15) is 55.0 Å². The number of carbonyl (C=O) groups excluding carboxylic acids is 2. The van der Waals surface area contributed by atoms with Gasteiger partial charge in [0.15, 0.2) is 0 Å². The first-order chi connectivity index (χ1) is 19.9. The Morgan fingerprint density at radius 3 is 2.44 bits per heavy atom. The smallest absolute Gasteiger partial charge is 0.238 e. The molecule has 4 atom stereocenters. The van der Waals surface area contributed by atoms with Gasteiger partial charge in [-0.05, 0) is 110 Å². The summed E-state index contributed by atoms with van der Waals surface area (Å²) in [5.41, 5.74) is 7.86. The van der Waals surface area contributed by atoms with E-state index in [0.717, 1.165) is 47.2 Å². The van der Waals surface area contributed by atoms with E-state index in [-0.39, 0.29) is 35.7 Å². The molecule has 3 heterocycles. The molecule has 1 aromatic heterocycles. The molecule has 0 radical (unpaired) electrons. The quantitative estimate of drug-likeness (QED) is 0.264. The van der Waals surface area contributed by atoms with Gasteiger partial charge in [0, 0.05) is 12.1 Å². The van der Waals surface area contributed by atoms with Crippen LogP contribution in [0.2, 0.25) is 0 Å². The molecule has 6 heteroatoms. The molecule has 41 heavy (non-hydrogen) atoms. The zero-order valence-electron chi connectivity index (χ0n) is 23.8. The lowest BCUT2D eigenvalue weighted by Crippen LogP contribution is -2.34. The van der Waals surface area contributed by atoms with E-state index in [1.54, 1.807) is 6.20 Å². The van der Waals surface area contributed by atoms with Crippen molar-refractivity contribution in [2.45, 2.75) is 52.6 Å². The van der Waals surface area contributed by atoms with Gasteiger partial charge in [0.05, 0.1) is 35.9 Å². The van der Waals surface area contributed by atoms with Gasteiger partial charge in [-0.1, -0.05) is 36.8 Å². The van der Waals surface area contributed by atoms with Gasteiger partial charge in [0.2, 0.25) is 11.8 Å². The van der Waals surface area contributed by atoms with E-state index < -0.39 is 0 Å². The molecule has 2 amide bonds. The standard InChI is InChI=1S/C35H36N2O4/c1-4-24-19-27-32(35(40)37(34(27)39)26-10-6-5-7-11-26)28-20-41-30(31(24)28)14-13-25(29-12-8-9-15-36-29)18-23-16-21(2)33(38)22(3)17-23/h5-12,15-18,27-28,30,32,38H,4,13-14,19-20H2,1-3H3/b25-18-/t27-,28+,30-,32-/m1/s1. The topological polar surface area (TPSA) is 79.7 Å². The van der Waals surface area contributed by atoms with E-state index in [4.69, 9.17) is 4.74 Å². The van der Waals surface area contributed by atoms with E-state index in [1.165, 1.54) is 16.0 Å². The molecule has 1 aliphatic carbocycles. The number of aromatic nitrogens is 1. The van der Waals surface area contributed by atoms with Crippen molar-refractivity contribution in [3.8, 4) is 5.75 Å². The monoisotopic (exact) mass is 548 g/mol. The highest BCUT2D eigenvalue weighted by atomic mass is 16.5. The van der Waals surface area contributed by atoms with Gasteiger partial charge in [-0.15, -0.1) is 0 Å². The fourth-order valence-electron chi connectivity index (χ4n) is 7.03. The summed E-state index contributed by atoms with van der Waals surface area (Å²) in [4.78, 5) is 33.3. The number of anilines is 1. The molecule has 1 N–H and O–H groups in total. The number of rotatable bonds is 7. The van der Waals surface area contributed by atoms with Crippen LogP contribution in [-0.4, -0.2) is 34.6 Å².